The van der Waals surface area contributed by atoms with E-state index in [4.69, 9.17) is 10.9 Å². The van der Waals surface area contributed by atoms with Gasteiger partial charge in [-0.1, -0.05) is 17.3 Å². The van der Waals surface area contributed by atoms with Gasteiger partial charge in [0.05, 0.1) is 10.4 Å². The molecule has 0 spiro atoms. The van der Waals surface area contributed by atoms with Crippen LogP contribution in [0.5, 0.6) is 0 Å². The van der Waals surface area contributed by atoms with Crippen LogP contribution in [-0.2, 0) is 10.0 Å². The molecule has 0 bridgehead atoms. The highest BCUT2D eigenvalue weighted by atomic mass is 32.2. The predicted molar refractivity (Wildman–Crippen MR) is 76.0 cm³/mol. The molecule has 0 amide bonds. The molecule has 0 aliphatic rings. The molecule has 1 aromatic carbocycles. The monoisotopic (exact) mass is 285 g/mol. The number of sulfonamides is 1. The molecule has 4 N–H and O–H groups in total. The molecule has 0 fully saturated rings. The summed E-state index contributed by atoms with van der Waals surface area (Å²) in [6.07, 6.45) is 0. The normalized spacial score (nSPS) is 13.4. The summed E-state index contributed by atoms with van der Waals surface area (Å²) in [5, 5.41) is 11.5. The lowest BCUT2D eigenvalue weighted by Crippen LogP contribution is -2.34. The van der Waals surface area contributed by atoms with E-state index in [1.807, 2.05) is 0 Å². The van der Waals surface area contributed by atoms with Gasteiger partial charge in [-0.25, -0.2) is 8.42 Å². The highest BCUT2D eigenvalue weighted by Crippen LogP contribution is 2.23. The van der Waals surface area contributed by atoms with Crippen LogP contribution in [-0.4, -0.2) is 24.2 Å². The fraction of sp³-hybridized carbons (Fsp3) is 0.417. The van der Waals surface area contributed by atoms with Crippen molar-refractivity contribution in [2.45, 2.75) is 32.4 Å². The third-order valence-corrected chi connectivity index (χ3v) is 4.79. The van der Waals surface area contributed by atoms with Crippen LogP contribution < -0.4 is 10.5 Å². The Morgan fingerprint density at radius 1 is 1.37 bits per heavy atom. The van der Waals surface area contributed by atoms with Gasteiger partial charge in [0.15, 0.2) is 5.84 Å². The minimum Gasteiger partial charge on any atom is -0.409 e. The first kappa shape index (κ1) is 15.3. The summed E-state index contributed by atoms with van der Waals surface area (Å²) in [5.74, 6) is -0.0730. The second-order valence-electron chi connectivity index (χ2n) is 5.23. The maximum Gasteiger partial charge on any atom is 0.237 e. The van der Waals surface area contributed by atoms with E-state index >= 15 is 0 Å². The largest absolute Gasteiger partial charge is 0.409 e. The average molecular weight is 285 g/mol. The van der Waals surface area contributed by atoms with Crippen molar-refractivity contribution in [3.8, 4) is 0 Å². The van der Waals surface area contributed by atoms with Gasteiger partial charge in [0.25, 0.3) is 0 Å². The number of amidine groups is 1. The summed E-state index contributed by atoms with van der Waals surface area (Å²) in [6.45, 7) is 6.60. The Kier molecular flexibility index (Phi) is 4.09. The molecular formula is C12H19N3O3S. The Balaban J connectivity index is 3.23. The molecular weight excluding hydrogens is 266 g/mol. The van der Waals surface area contributed by atoms with Crippen LogP contribution in [0.4, 0.5) is 5.69 Å². The first-order chi connectivity index (χ1) is 8.58. The summed E-state index contributed by atoms with van der Waals surface area (Å²) in [7, 11) is -3.52. The van der Waals surface area contributed by atoms with Crippen LogP contribution in [0.2, 0.25) is 0 Å². The van der Waals surface area contributed by atoms with Gasteiger partial charge >= 0.3 is 0 Å². The van der Waals surface area contributed by atoms with Gasteiger partial charge in [0, 0.05) is 5.56 Å². The standard InChI is InChI=1S/C12H19N3O3S/c1-8-5-6-9(11(13)14-16)7-10(8)15-19(17,18)12(2,3)4/h5-7,15-16H,1-4H3,(H2,13,14). The number of nitrogens with zero attached hydrogens (tertiary/aromatic N) is 1. The maximum atomic E-state index is 12.1. The molecule has 6 nitrogen and oxygen atoms in total. The van der Waals surface area contributed by atoms with E-state index in [2.05, 4.69) is 9.88 Å². The molecule has 1 rings (SSSR count). The van der Waals surface area contributed by atoms with Crippen molar-refractivity contribution in [1.29, 1.82) is 0 Å². The number of nitrogens with two attached hydrogens (primary N) is 1. The first-order valence-corrected chi connectivity index (χ1v) is 7.18. The van der Waals surface area contributed by atoms with Crippen LogP contribution in [0.15, 0.2) is 23.4 Å². The molecule has 0 radical (unpaired) electrons. The number of hydrogen-bond donors (Lipinski definition) is 3. The number of hydrogen-bond acceptors (Lipinski definition) is 4. The van der Waals surface area contributed by atoms with Gasteiger partial charge in [0.1, 0.15) is 0 Å². The second-order valence-corrected chi connectivity index (χ2v) is 7.67. The van der Waals surface area contributed by atoms with Crippen LogP contribution in [0.3, 0.4) is 0 Å². The summed E-state index contributed by atoms with van der Waals surface area (Å²) in [4.78, 5) is 0. The summed E-state index contributed by atoms with van der Waals surface area (Å²) >= 11 is 0. The molecule has 19 heavy (non-hydrogen) atoms. The van der Waals surface area contributed by atoms with Crippen LogP contribution in [0, 0.1) is 6.92 Å². The van der Waals surface area contributed by atoms with Crippen molar-refractivity contribution < 1.29 is 13.6 Å². The van der Waals surface area contributed by atoms with Crippen molar-refractivity contribution in [2.24, 2.45) is 10.9 Å². The number of nitrogens with one attached hydrogen (secondary N) is 1. The van der Waals surface area contributed by atoms with Gasteiger partial charge in [0.2, 0.25) is 10.0 Å². The molecule has 0 aromatic heterocycles. The molecule has 7 heteroatoms. The molecule has 0 aliphatic heterocycles. The SMILES string of the molecule is Cc1ccc(/C(N)=N/O)cc1NS(=O)(=O)C(C)(C)C. The highest BCUT2D eigenvalue weighted by molar-refractivity contribution is 7.94. The number of benzene rings is 1. The van der Waals surface area contributed by atoms with Crippen molar-refractivity contribution in [3.05, 3.63) is 29.3 Å². The molecule has 0 saturated heterocycles. The van der Waals surface area contributed by atoms with Crippen molar-refractivity contribution in [2.75, 3.05) is 4.72 Å². The molecule has 0 aliphatic carbocycles. The third kappa shape index (κ3) is 3.37. The van der Waals surface area contributed by atoms with Gasteiger partial charge in [-0.2, -0.15) is 0 Å². The lowest BCUT2D eigenvalue weighted by molar-refractivity contribution is 0.318. The highest BCUT2D eigenvalue weighted by Gasteiger charge is 2.29. The van der Waals surface area contributed by atoms with Gasteiger partial charge in [-0.3, -0.25) is 4.72 Å². The lowest BCUT2D eigenvalue weighted by Gasteiger charge is -2.21. The summed E-state index contributed by atoms with van der Waals surface area (Å²) < 4.78 is 25.8. The molecule has 0 heterocycles. The van der Waals surface area contributed by atoms with E-state index in [9.17, 15) is 8.42 Å². The zero-order valence-electron chi connectivity index (χ0n) is 11.4. The van der Waals surface area contributed by atoms with E-state index in [1.165, 1.54) is 6.07 Å². The second kappa shape index (κ2) is 5.08. The molecule has 106 valence electrons. The molecule has 0 saturated carbocycles. The Morgan fingerprint density at radius 3 is 2.42 bits per heavy atom. The topological polar surface area (TPSA) is 105 Å². The minimum atomic E-state index is -3.52. The quantitative estimate of drug-likeness (QED) is 0.340. The van der Waals surface area contributed by atoms with Crippen LogP contribution in [0.25, 0.3) is 0 Å². The first-order valence-electron chi connectivity index (χ1n) is 5.69. The van der Waals surface area contributed by atoms with Crippen LogP contribution in [0.1, 0.15) is 31.9 Å². The van der Waals surface area contributed by atoms with Gasteiger partial charge < -0.3 is 10.9 Å². The van der Waals surface area contributed by atoms with E-state index in [0.29, 0.717) is 11.3 Å². The zero-order chi connectivity index (χ0) is 14.8. The maximum absolute atomic E-state index is 12.1. The van der Waals surface area contributed by atoms with E-state index in [1.54, 1.807) is 39.8 Å². The van der Waals surface area contributed by atoms with E-state index in [0.717, 1.165) is 5.56 Å². The molecule has 0 unspecified atom stereocenters. The number of rotatable bonds is 3. The fourth-order valence-corrected chi connectivity index (χ4v) is 2.06. The fourth-order valence-electron chi connectivity index (χ4n) is 1.25. The number of oxime groups is 1. The Labute approximate surface area is 113 Å². The van der Waals surface area contributed by atoms with Gasteiger partial charge in [-0.15, -0.1) is 0 Å². The molecule has 0 atom stereocenters. The van der Waals surface area contributed by atoms with E-state index in [-0.39, 0.29) is 5.84 Å². The van der Waals surface area contributed by atoms with Crippen molar-refractivity contribution >= 4 is 21.5 Å². The van der Waals surface area contributed by atoms with Crippen LogP contribution >= 0.6 is 0 Å². The number of anilines is 1. The Bertz CT molecular complexity index is 601. The van der Waals surface area contributed by atoms with Crippen molar-refractivity contribution in [1.82, 2.24) is 0 Å². The van der Waals surface area contributed by atoms with Gasteiger partial charge in [-0.05, 0) is 39.3 Å². The third-order valence-electron chi connectivity index (χ3n) is 2.69. The molecule has 1 aromatic rings. The summed E-state index contributed by atoms with van der Waals surface area (Å²) in [6, 6.07) is 4.89. The minimum absolute atomic E-state index is 0.0730. The van der Waals surface area contributed by atoms with Crippen molar-refractivity contribution in [3.63, 3.8) is 0 Å². The smallest absolute Gasteiger partial charge is 0.237 e. The Morgan fingerprint density at radius 2 is 1.95 bits per heavy atom. The summed E-state index contributed by atoms with van der Waals surface area (Å²) in [5.41, 5.74) is 7.10. The van der Waals surface area contributed by atoms with E-state index < -0.39 is 14.8 Å². The lowest BCUT2D eigenvalue weighted by atomic mass is 10.1. The Hall–Kier alpha value is -1.76. The zero-order valence-corrected chi connectivity index (χ0v) is 12.2. The number of aryl methyl sites for hydroxylation is 1. The predicted octanol–water partition coefficient (Wildman–Crippen LogP) is 1.63. The average Bonchev–Trinajstić information content (AvgIpc) is 2.29.